The van der Waals surface area contributed by atoms with Gasteiger partial charge in [-0.15, -0.1) is 0 Å². The molecule has 0 saturated heterocycles. The minimum Gasteiger partial charge on any atom is -0.361 e. The van der Waals surface area contributed by atoms with Crippen molar-refractivity contribution < 1.29 is 9.32 Å². The smallest absolute Gasteiger partial charge is 0.251 e. The zero-order valence-electron chi connectivity index (χ0n) is 12.5. The average Bonchev–Trinajstić information content (AvgIpc) is 2.94. The number of benzene rings is 2. The lowest BCUT2D eigenvalue weighted by molar-refractivity contribution is 0.0951. The maximum Gasteiger partial charge on any atom is 0.251 e. The summed E-state index contributed by atoms with van der Waals surface area (Å²) >= 11 is 5.91. The first-order valence-corrected chi connectivity index (χ1v) is 7.57. The number of hydrogen-bond donors (Lipinski definition) is 1. The van der Waals surface area contributed by atoms with E-state index in [1.54, 1.807) is 24.3 Å². The zero-order chi connectivity index (χ0) is 16.2. The van der Waals surface area contributed by atoms with Gasteiger partial charge in [-0.3, -0.25) is 4.79 Å². The molecular formula is C18H15ClN2O2. The molecule has 3 aromatic rings. The van der Waals surface area contributed by atoms with Gasteiger partial charge in [0.25, 0.3) is 5.91 Å². The van der Waals surface area contributed by atoms with Gasteiger partial charge in [0.05, 0.1) is 0 Å². The third kappa shape index (κ3) is 3.43. The van der Waals surface area contributed by atoms with E-state index in [1.165, 1.54) is 0 Å². The van der Waals surface area contributed by atoms with Gasteiger partial charge in [0, 0.05) is 28.3 Å². The summed E-state index contributed by atoms with van der Waals surface area (Å²) in [6.07, 6.45) is 0. The highest BCUT2D eigenvalue weighted by atomic mass is 35.5. The van der Waals surface area contributed by atoms with E-state index >= 15 is 0 Å². The van der Waals surface area contributed by atoms with Gasteiger partial charge in [0.15, 0.2) is 0 Å². The first kappa shape index (κ1) is 15.3. The van der Waals surface area contributed by atoms with Crippen molar-refractivity contribution in [3.05, 3.63) is 76.5 Å². The number of rotatable bonds is 4. The van der Waals surface area contributed by atoms with Crippen LogP contribution in [0.3, 0.4) is 0 Å². The van der Waals surface area contributed by atoms with Crippen LogP contribution in [0.25, 0.3) is 11.3 Å². The summed E-state index contributed by atoms with van der Waals surface area (Å²) in [6.45, 7) is 2.17. The summed E-state index contributed by atoms with van der Waals surface area (Å²) in [6, 6.07) is 16.6. The van der Waals surface area contributed by atoms with E-state index in [9.17, 15) is 4.79 Å². The number of amides is 1. The molecule has 1 N–H and O–H groups in total. The van der Waals surface area contributed by atoms with E-state index in [4.69, 9.17) is 16.1 Å². The largest absolute Gasteiger partial charge is 0.361 e. The van der Waals surface area contributed by atoms with Crippen LogP contribution in [0.15, 0.2) is 59.1 Å². The normalized spacial score (nSPS) is 10.5. The number of halogens is 1. The molecule has 116 valence electrons. The number of aryl methyl sites for hydroxylation is 1. The van der Waals surface area contributed by atoms with E-state index in [2.05, 4.69) is 10.5 Å². The summed E-state index contributed by atoms with van der Waals surface area (Å²) in [5.74, 6) is 0.502. The lowest BCUT2D eigenvalue weighted by Gasteiger charge is -2.06. The van der Waals surface area contributed by atoms with Gasteiger partial charge in [-0.1, -0.05) is 53.2 Å². The molecule has 0 spiro atoms. The second-order valence-corrected chi connectivity index (χ2v) is 5.56. The maximum absolute atomic E-state index is 12.2. The Bertz CT molecular complexity index is 828. The summed E-state index contributed by atoms with van der Waals surface area (Å²) in [4.78, 5) is 12.2. The van der Waals surface area contributed by atoms with Crippen LogP contribution < -0.4 is 5.32 Å². The van der Waals surface area contributed by atoms with Gasteiger partial charge >= 0.3 is 0 Å². The van der Waals surface area contributed by atoms with Gasteiger partial charge in [-0.05, 0) is 25.1 Å². The molecule has 0 aliphatic carbocycles. The number of hydrogen-bond acceptors (Lipinski definition) is 3. The van der Waals surface area contributed by atoms with Gasteiger partial charge in [0.2, 0.25) is 0 Å². The van der Waals surface area contributed by atoms with Crippen LogP contribution in [0.4, 0.5) is 0 Å². The fraction of sp³-hybridized carbons (Fsp3) is 0.111. The molecule has 5 heteroatoms. The van der Waals surface area contributed by atoms with E-state index in [-0.39, 0.29) is 5.91 Å². The maximum atomic E-state index is 12.2. The van der Waals surface area contributed by atoms with Gasteiger partial charge in [-0.25, -0.2) is 0 Å². The molecule has 0 radical (unpaired) electrons. The minimum absolute atomic E-state index is 0.188. The molecule has 1 aromatic heterocycles. The van der Waals surface area contributed by atoms with Crippen LogP contribution in [-0.4, -0.2) is 11.1 Å². The number of nitrogens with zero attached hydrogens (tertiary/aromatic N) is 1. The van der Waals surface area contributed by atoms with Gasteiger partial charge < -0.3 is 9.84 Å². The Balaban J connectivity index is 1.79. The molecule has 23 heavy (non-hydrogen) atoms. The van der Waals surface area contributed by atoms with Crippen LogP contribution in [0.2, 0.25) is 5.02 Å². The summed E-state index contributed by atoms with van der Waals surface area (Å²) in [5, 5.41) is 7.52. The van der Waals surface area contributed by atoms with Crippen molar-refractivity contribution in [2.75, 3.05) is 0 Å². The Morgan fingerprint density at radius 3 is 2.70 bits per heavy atom. The molecule has 0 bridgehead atoms. The van der Waals surface area contributed by atoms with E-state index in [0.29, 0.717) is 22.9 Å². The van der Waals surface area contributed by atoms with Crippen molar-refractivity contribution in [3.63, 3.8) is 0 Å². The second-order valence-electron chi connectivity index (χ2n) is 5.12. The first-order chi connectivity index (χ1) is 11.1. The Kier molecular flexibility index (Phi) is 4.44. The van der Waals surface area contributed by atoms with Crippen LogP contribution in [0, 0.1) is 6.92 Å². The van der Waals surface area contributed by atoms with Crippen molar-refractivity contribution in [2.45, 2.75) is 13.5 Å². The fourth-order valence-corrected chi connectivity index (χ4v) is 2.51. The molecule has 3 rings (SSSR count). The van der Waals surface area contributed by atoms with Crippen molar-refractivity contribution in [3.8, 4) is 11.3 Å². The van der Waals surface area contributed by atoms with Crippen molar-refractivity contribution in [2.24, 2.45) is 0 Å². The van der Waals surface area contributed by atoms with E-state index < -0.39 is 0 Å². The van der Waals surface area contributed by atoms with Crippen LogP contribution in [0.1, 0.15) is 21.7 Å². The van der Waals surface area contributed by atoms with Crippen molar-refractivity contribution in [1.82, 2.24) is 10.5 Å². The number of nitrogens with one attached hydrogen (secondary N) is 1. The minimum atomic E-state index is -0.188. The Morgan fingerprint density at radius 1 is 1.17 bits per heavy atom. The third-order valence-corrected chi connectivity index (χ3v) is 3.78. The van der Waals surface area contributed by atoms with Gasteiger partial charge in [0.1, 0.15) is 11.5 Å². The quantitative estimate of drug-likeness (QED) is 0.780. The summed E-state index contributed by atoms with van der Waals surface area (Å²) in [7, 11) is 0. The molecule has 0 saturated carbocycles. The molecular weight excluding hydrogens is 312 g/mol. The zero-order valence-corrected chi connectivity index (χ0v) is 13.3. The first-order valence-electron chi connectivity index (χ1n) is 7.19. The lowest BCUT2D eigenvalue weighted by atomic mass is 10.1. The average molecular weight is 327 g/mol. The second kappa shape index (κ2) is 6.67. The Hall–Kier alpha value is -2.59. The molecule has 1 amide bonds. The molecule has 4 nitrogen and oxygen atoms in total. The van der Waals surface area contributed by atoms with Crippen LogP contribution >= 0.6 is 11.6 Å². The molecule has 0 unspecified atom stereocenters. The number of aromatic nitrogens is 1. The highest BCUT2D eigenvalue weighted by Crippen LogP contribution is 2.24. The van der Waals surface area contributed by atoms with Crippen molar-refractivity contribution in [1.29, 1.82) is 0 Å². The number of carbonyl (C=O) groups excluding carboxylic acids is 1. The predicted molar refractivity (Wildman–Crippen MR) is 89.3 cm³/mol. The summed E-state index contributed by atoms with van der Waals surface area (Å²) < 4.78 is 5.28. The third-order valence-electron chi connectivity index (χ3n) is 3.54. The van der Waals surface area contributed by atoms with E-state index in [0.717, 1.165) is 16.8 Å². The Labute approximate surface area is 139 Å². The standard InChI is InChI=1S/C18H15ClN2O2/c1-12-16(17(21-23-12)13-6-3-2-4-7-13)11-20-18(22)14-8-5-9-15(19)10-14/h2-10H,11H2,1H3,(H,20,22). The molecule has 2 aromatic carbocycles. The molecule has 0 atom stereocenters. The highest BCUT2D eigenvalue weighted by Gasteiger charge is 2.15. The topological polar surface area (TPSA) is 55.1 Å². The van der Waals surface area contributed by atoms with Crippen molar-refractivity contribution >= 4 is 17.5 Å². The molecule has 0 aliphatic heterocycles. The molecule has 1 heterocycles. The SMILES string of the molecule is Cc1onc(-c2ccccc2)c1CNC(=O)c1cccc(Cl)c1. The van der Waals surface area contributed by atoms with Gasteiger partial charge in [-0.2, -0.15) is 0 Å². The lowest BCUT2D eigenvalue weighted by Crippen LogP contribution is -2.23. The Morgan fingerprint density at radius 2 is 1.96 bits per heavy atom. The van der Waals surface area contributed by atoms with Crippen LogP contribution in [-0.2, 0) is 6.54 Å². The van der Waals surface area contributed by atoms with E-state index in [1.807, 2.05) is 37.3 Å². The fourth-order valence-electron chi connectivity index (χ4n) is 2.32. The highest BCUT2D eigenvalue weighted by molar-refractivity contribution is 6.30. The summed E-state index contributed by atoms with van der Waals surface area (Å²) in [5.41, 5.74) is 3.09. The number of carbonyl (C=O) groups is 1. The molecule has 0 aliphatic rings. The molecule has 0 fully saturated rings. The monoisotopic (exact) mass is 326 g/mol. The van der Waals surface area contributed by atoms with Crippen LogP contribution in [0.5, 0.6) is 0 Å². The predicted octanol–water partition coefficient (Wildman–Crippen LogP) is 4.23.